The number of rotatable bonds is 0. The van der Waals surface area contributed by atoms with Gasteiger partial charge in [-0.3, -0.25) is 9.59 Å². The number of epoxide rings is 1. The minimum atomic E-state index is -0.949. The number of hydrogen-bond donors (Lipinski definition) is 1. The Morgan fingerprint density at radius 2 is 2.05 bits per heavy atom. The van der Waals surface area contributed by atoms with E-state index < -0.39 is 35.3 Å². The predicted octanol–water partition coefficient (Wildman–Crippen LogP) is 0.680. The van der Waals surface area contributed by atoms with E-state index in [0.717, 1.165) is 6.08 Å². The number of ether oxygens (including phenoxy) is 2. The van der Waals surface area contributed by atoms with Gasteiger partial charge >= 0.3 is 5.97 Å². The van der Waals surface area contributed by atoms with Gasteiger partial charge in [-0.05, 0) is 19.3 Å². The summed E-state index contributed by atoms with van der Waals surface area (Å²) in [7, 11) is 0. The Morgan fingerprint density at radius 3 is 2.81 bits per heavy atom. The summed E-state index contributed by atoms with van der Waals surface area (Å²) in [6.45, 7) is 0. The summed E-state index contributed by atoms with van der Waals surface area (Å²) in [4.78, 5) is 35.7. The molecule has 21 heavy (non-hydrogen) atoms. The standard InChI is InChI=1S/C15H12O6/c16-8-6-9(17)11(18)7-4-2-1-3-5-15-13(21-15)12(10(7)8)20-14(15)19/h1-2,6,12-13,16H,3-5H2/b2-1-/t12-,13-,15-/m0/s1. The Hall–Kier alpha value is -2.21. The monoisotopic (exact) mass is 288 g/mol. The van der Waals surface area contributed by atoms with Crippen molar-refractivity contribution in [2.45, 2.75) is 37.1 Å². The maximum Gasteiger partial charge on any atom is 0.342 e. The average Bonchev–Trinajstić information content (AvgIpc) is 3.12. The van der Waals surface area contributed by atoms with Gasteiger partial charge in [-0.2, -0.15) is 0 Å². The number of aliphatic hydroxyl groups excluding tert-OH is 1. The lowest BCUT2D eigenvalue weighted by atomic mass is 9.85. The Morgan fingerprint density at radius 1 is 1.24 bits per heavy atom. The fraction of sp³-hybridized carbons (Fsp3) is 0.400. The van der Waals surface area contributed by atoms with Gasteiger partial charge in [0.05, 0.1) is 0 Å². The first-order valence-corrected chi connectivity index (χ1v) is 6.81. The molecule has 1 N–H and O–H groups in total. The lowest BCUT2D eigenvalue weighted by Gasteiger charge is -2.21. The number of carbonyl (C=O) groups excluding carboxylic acids is 3. The molecule has 2 heterocycles. The van der Waals surface area contributed by atoms with E-state index in [1.54, 1.807) is 6.08 Å². The third-order valence-electron chi connectivity index (χ3n) is 4.42. The highest BCUT2D eigenvalue weighted by molar-refractivity contribution is 6.48. The van der Waals surface area contributed by atoms with E-state index in [2.05, 4.69) is 0 Å². The topological polar surface area (TPSA) is 93.2 Å². The van der Waals surface area contributed by atoms with Crippen LogP contribution in [-0.2, 0) is 23.9 Å². The van der Waals surface area contributed by atoms with Crippen molar-refractivity contribution in [3.05, 3.63) is 35.1 Å². The molecule has 6 heteroatoms. The first-order valence-electron chi connectivity index (χ1n) is 6.81. The molecule has 0 amide bonds. The van der Waals surface area contributed by atoms with Crippen molar-refractivity contribution in [3.8, 4) is 0 Å². The van der Waals surface area contributed by atoms with E-state index in [1.807, 2.05) is 6.08 Å². The van der Waals surface area contributed by atoms with E-state index in [-0.39, 0.29) is 23.3 Å². The third-order valence-corrected chi connectivity index (χ3v) is 4.42. The van der Waals surface area contributed by atoms with E-state index >= 15 is 0 Å². The molecule has 2 aliphatic carbocycles. The van der Waals surface area contributed by atoms with Crippen LogP contribution in [0.4, 0.5) is 0 Å². The quantitative estimate of drug-likeness (QED) is 0.232. The zero-order valence-corrected chi connectivity index (χ0v) is 11.0. The summed E-state index contributed by atoms with van der Waals surface area (Å²) in [5.41, 5.74) is -0.555. The van der Waals surface area contributed by atoms with Crippen molar-refractivity contribution < 1.29 is 29.0 Å². The highest BCUT2D eigenvalue weighted by atomic mass is 16.7. The first-order chi connectivity index (χ1) is 10.0. The van der Waals surface area contributed by atoms with Crippen LogP contribution in [-0.4, -0.2) is 40.5 Å². The summed E-state index contributed by atoms with van der Waals surface area (Å²) in [5, 5.41) is 10.1. The zero-order valence-electron chi connectivity index (χ0n) is 11.0. The van der Waals surface area contributed by atoms with Crippen LogP contribution in [0.1, 0.15) is 19.3 Å². The first kappa shape index (κ1) is 12.5. The number of fused-ring (bicyclic) bond motifs is 1. The number of esters is 1. The number of aliphatic hydroxyl groups is 1. The zero-order chi connectivity index (χ0) is 14.8. The molecule has 2 aliphatic heterocycles. The van der Waals surface area contributed by atoms with Crippen molar-refractivity contribution in [3.63, 3.8) is 0 Å². The van der Waals surface area contributed by atoms with Gasteiger partial charge in [0, 0.05) is 17.2 Å². The second kappa shape index (κ2) is 3.92. The van der Waals surface area contributed by atoms with Gasteiger partial charge in [-0.1, -0.05) is 12.2 Å². The SMILES string of the molecule is O=C1C=C(O)C2=C(C/C=C\CC[C@]34O[C@H]3[C@H]2OC4=O)C1=O. The molecule has 0 aromatic heterocycles. The van der Waals surface area contributed by atoms with Gasteiger partial charge in [0.15, 0.2) is 11.7 Å². The second-order valence-electron chi connectivity index (χ2n) is 5.58. The Bertz CT molecular complexity index is 682. The van der Waals surface area contributed by atoms with Crippen molar-refractivity contribution in [1.29, 1.82) is 0 Å². The van der Waals surface area contributed by atoms with E-state index in [1.165, 1.54) is 0 Å². The molecule has 2 fully saturated rings. The van der Waals surface area contributed by atoms with Crippen molar-refractivity contribution in [2.75, 3.05) is 0 Å². The van der Waals surface area contributed by atoms with E-state index in [9.17, 15) is 19.5 Å². The van der Waals surface area contributed by atoms with Crippen LogP contribution >= 0.6 is 0 Å². The van der Waals surface area contributed by atoms with E-state index in [0.29, 0.717) is 12.8 Å². The lowest BCUT2D eigenvalue weighted by Crippen LogP contribution is -2.29. The molecule has 0 saturated carbocycles. The van der Waals surface area contributed by atoms with Crippen LogP contribution in [0.15, 0.2) is 35.1 Å². The molecular formula is C15H12O6. The van der Waals surface area contributed by atoms with Crippen molar-refractivity contribution in [2.24, 2.45) is 0 Å². The molecule has 108 valence electrons. The molecular weight excluding hydrogens is 276 g/mol. The highest BCUT2D eigenvalue weighted by Gasteiger charge is 2.73. The lowest BCUT2D eigenvalue weighted by molar-refractivity contribution is -0.152. The van der Waals surface area contributed by atoms with Crippen molar-refractivity contribution in [1.82, 2.24) is 0 Å². The summed E-state index contributed by atoms with van der Waals surface area (Å²) in [6.07, 6.45) is 4.57. The van der Waals surface area contributed by atoms with Crippen LogP contribution < -0.4 is 0 Å². The van der Waals surface area contributed by atoms with Crippen LogP contribution in [0, 0.1) is 0 Å². The van der Waals surface area contributed by atoms with Crippen molar-refractivity contribution >= 4 is 17.5 Å². The second-order valence-corrected chi connectivity index (χ2v) is 5.58. The van der Waals surface area contributed by atoms with Gasteiger partial charge in [0.2, 0.25) is 11.6 Å². The van der Waals surface area contributed by atoms with Gasteiger partial charge in [-0.15, -0.1) is 0 Å². The molecule has 2 saturated heterocycles. The average molecular weight is 288 g/mol. The van der Waals surface area contributed by atoms with E-state index in [4.69, 9.17) is 9.47 Å². The minimum absolute atomic E-state index is 0.183. The summed E-state index contributed by atoms with van der Waals surface area (Å²) < 4.78 is 10.8. The summed E-state index contributed by atoms with van der Waals surface area (Å²) in [6, 6.07) is 0. The molecule has 0 aromatic carbocycles. The smallest absolute Gasteiger partial charge is 0.342 e. The Balaban J connectivity index is 1.87. The molecule has 4 rings (SSSR count). The van der Waals surface area contributed by atoms with Gasteiger partial charge in [-0.25, -0.2) is 4.79 Å². The number of hydrogen-bond acceptors (Lipinski definition) is 6. The molecule has 0 aromatic rings. The molecule has 0 spiro atoms. The van der Waals surface area contributed by atoms with Crippen LogP contribution in [0.25, 0.3) is 0 Å². The molecule has 0 radical (unpaired) electrons. The molecule has 6 nitrogen and oxygen atoms in total. The van der Waals surface area contributed by atoms with Crippen LogP contribution in [0.2, 0.25) is 0 Å². The maximum atomic E-state index is 12.1. The Labute approximate surface area is 119 Å². The minimum Gasteiger partial charge on any atom is -0.507 e. The normalized spacial score (nSPS) is 39.2. The fourth-order valence-electron chi connectivity index (χ4n) is 3.28. The van der Waals surface area contributed by atoms with Gasteiger partial charge < -0.3 is 14.6 Å². The summed E-state index contributed by atoms with van der Waals surface area (Å²) >= 11 is 0. The van der Waals surface area contributed by atoms with Gasteiger partial charge in [0.25, 0.3) is 0 Å². The molecule has 2 bridgehead atoms. The molecule has 3 atom stereocenters. The number of Topliss-reactive ketones (excluding diaryl/α,β-unsaturated/α-hetero) is 1. The number of carbonyl (C=O) groups is 3. The molecule has 4 aliphatic rings. The largest absolute Gasteiger partial charge is 0.507 e. The number of ketones is 2. The highest BCUT2D eigenvalue weighted by Crippen LogP contribution is 2.53. The number of allylic oxidation sites excluding steroid dienone is 4. The predicted molar refractivity (Wildman–Crippen MR) is 68.2 cm³/mol. The third kappa shape index (κ3) is 1.53. The van der Waals surface area contributed by atoms with Crippen LogP contribution in [0.5, 0.6) is 0 Å². The maximum absolute atomic E-state index is 12.1. The van der Waals surface area contributed by atoms with Gasteiger partial charge in [0.1, 0.15) is 11.9 Å². The fourth-order valence-corrected chi connectivity index (χ4v) is 3.28. The summed E-state index contributed by atoms with van der Waals surface area (Å²) in [5.74, 6) is -2.20. The molecule has 0 unspecified atom stereocenters. The Kier molecular flexibility index (Phi) is 2.34. The van der Waals surface area contributed by atoms with Crippen LogP contribution in [0.3, 0.4) is 0 Å².